The number of nitrogens with zero attached hydrogens (tertiary/aromatic N) is 4. The highest BCUT2D eigenvalue weighted by Gasteiger charge is 2.35. The van der Waals surface area contributed by atoms with Crippen LogP contribution in [0, 0.1) is 6.92 Å². The van der Waals surface area contributed by atoms with E-state index in [0.717, 1.165) is 22.4 Å². The Morgan fingerprint density at radius 1 is 1.11 bits per heavy atom. The van der Waals surface area contributed by atoms with E-state index in [0.29, 0.717) is 30.3 Å². The first kappa shape index (κ1) is 22.9. The lowest BCUT2D eigenvalue weighted by Gasteiger charge is -2.19. The van der Waals surface area contributed by atoms with Gasteiger partial charge in [0.25, 0.3) is 5.91 Å². The van der Waals surface area contributed by atoms with Crippen LogP contribution in [0.3, 0.4) is 0 Å². The molecule has 0 bridgehead atoms. The van der Waals surface area contributed by atoms with Crippen LogP contribution in [0.4, 0.5) is 0 Å². The van der Waals surface area contributed by atoms with Gasteiger partial charge in [-0.2, -0.15) is 5.10 Å². The van der Waals surface area contributed by atoms with Crippen molar-refractivity contribution in [2.24, 2.45) is 5.10 Å². The number of rotatable bonds is 8. The largest absolute Gasteiger partial charge is 0.467 e. The van der Waals surface area contributed by atoms with Gasteiger partial charge in [-0.15, -0.1) is 5.10 Å². The zero-order valence-corrected chi connectivity index (χ0v) is 20.1. The second-order valence-electron chi connectivity index (χ2n) is 8.37. The van der Waals surface area contributed by atoms with Crippen LogP contribution in [-0.2, 0) is 17.8 Å². The summed E-state index contributed by atoms with van der Waals surface area (Å²) < 4.78 is 7.19. The van der Waals surface area contributed by atoms with E-state index in [4.69, 9.17) is 4.42 Å². The highest BCUT2D eigenvalue weighted by molar-refractivity contribution is 7.99. The molecule has 0 saturated heterocycles. The Hall–Kier alpha value is -3.85. The van der Waals surface area contributed by atoms with Gasteiger partial charge in [-0.3, -0.25) is 9.36 Å². The van der Waals surface area contributed by atoms with E-state index in [-0.39, 0.29) is 23.4 Å². The fraction of sp³-hybridized carbons (Fsp3) is 0.231. The minimum atomic E-state index is -0.311. The molecule has 0 saturated carbocycles. The molecule has 1 amide bonds. The molecule has 1 unspecified atom stereocenters. The summed E-state index contributed by atoms with van der Waals surface area (Å²) in [7, 11) is 0. The molecule has 0 spiro atoms. The average Bonchev–Trinajstić information content (AvgIpc) is 3.63. The van der Waals surface area contributed by atoms with Crippen LogP contribution in [0.1, 0.15) is 34.9 Å². The number of carbonyl (C=O) groups excluding carboxylic acids is 1. The van der Waals surface area contributed by atoms with Gasteiger partial charge in [0.2, 0.25) is 0 Å². The van der Waals surface area contributed by atoms with Crippen molar-refractivity contribution in [2.75, 3.05) is 5.75 Å². The zero-order chi connectivity index (χ0) is 24.2. The van der Waals surface area contributed by atoms with Crippen molar-refractivity contribution < 1.29 is 9.21 Å². The molecule has 4 aromatic rings. The summed E-state index contributed by atoms with van der Waals surface area (Å²) in [5.74, 6) is 0.606. The third-order valence-electron chi connectivity index (χ3n) is 5.94. The maximum Gasteiger partial charge on any atom is 0.343 e. The summed E-state index contributed by atoms with van der Waals surface area (Å²) in [6.07, 6.45) is 2.86. The number of amides is 1. The average molecular weight is 488 g/mol. The highest BCUT2D eigenvalue weighted by Crippen LogP contribution is 2.34. The number of aromatic nitrogens is 3. The summed E-state index contributed by atoms with van der Waals surface area (Å²) >= 11 is 1.23. The summed E-state index contributed by atoms with van der Waals surface area (Å²) in [4.78, 5) is 25.6. The van der Waals surface area contributed by atoms with Crippen molar-refractivity contribution in [1.29, 1.82) is 0 Å². The fourth-order valence-electron chi connectivity index (χ4n) is 4.05. The van der Waals surface area contributed by atoms with Gasteiger partial charge in [0.15, 0.2) is 5.16 Å². The van der Waals surface area contributed by atoms with Gasteiger partial charge in [-0.25, -0.2) is 14.9 Å². The molecule has 1 aliphatic rings. The molecule has 0 radical (unpaired) electrons. The van der Waals surface area contributed by atoms with Crippen molar-refractivity contribution in [1.82, 2.24) is 19.8 Å². The molecular formula is C26H25N5O3S. The van der Waals surface area contributed by atoms with E-state index in [9.17, 15) is 9.59 Å². The van der Waals surface area contributed by atoms with Crippen molar-refractivity contribution >= 4 is 23.4 Å². The van der Waals surface area contributed by atoms with Crippen LogP contribution in [0.5, 0.6) is 0 Å². The monoisotopic (exact) mass is 487 g/mol. The van der Waals surface area contributed by atoms with E-state index in [1.165, 1.54) is 16.8 Å². The number of nitrogens with one attached hydrogen (secondary N) is 1. The molecule has 0 fully saturated rings. The normalized spacial score (nSPS) is 15.4. The van der Waals surface area contributed by atoms with Gasteiger partial charge in [0.05, 0.1) is 17.7 Å². The van der Waals surface area contributed by atoms with Crippen LogP contribution in [-0.4, -0.2) is 37.1 Å². The van der Waals surface area contributed by atoms with Gasteiger partial charge >= 0.3 is 5.69 Å². The van der Waals surface area contributed by atoms with Crippen LogP contribution < -0.4 is 5.69 Å². The second kappa shape index (κ2) is 10.2. The number of hydrogen-bond donors (Lipinski definition) is 1. The summed E-state index contributed by atoms with van der Waals surface area (Å²) in [6.45, 7) is 2.51. The number of benzene rings is 2. The molecule has 5 rings (SSSR count). The molecule has 2 aromatic heterocycles. The first-order valence-corrected chi connectivity index (χ1v) is 12.4. The Kier molecular flexibility index (Phi) is 6.67. The summed E-state index contributed by atoms with van der Waals surface area (Å²) in [5.41, 5.74) is 3.83. The Morgan fingerprint density at radius 2 is 1.91 bits per heavy atom. The Balaban J connectivity index is 1.31. The van der Waals surface area contributed by atoms with Gasteiger partial charge < -0.3 is 4.42 Å². The lowest BCUT2D eigenvalue weighted by atomic mass is 10.0. The summed E-state index contributed by atoms with van der Waals surface area (Å²) in [6, 6.07) is 21.4. The van der Waals surface area contributed by atoms with E-state index in [1.807, 2.05) is 73.7 Å². The lowest BCUT2D eigenvalue weighted by molar-refractivity contribution is -0.130. The molecular weight excluding hydrogens is 462 g/mol. The van der Waals surface area contributed by atoms with Gasteiger partial charge in [-0.05, 0) is 36.6 Å². The van der Waals surface area contributed by atoms with Gasteiger partial charge in [0.1, 0.15) is 11.8 Å². The van der Waals surface area contributed by atoms with Crippen molar-refractivity contribution in [3.63, 3.8) is 0 Å². The van der Waals surface area contributed by atoms with Crippen LogP contribution in [0.25, 0.3) is 0 Å². The molecule has 9 heteroatoms. The Bertz CT molecular complexity index is 1370. The molecule has 1 N–H and O–H groups in total. The number of H-pyrrole nitrogens is 1. The molecule has 178 valence electrons. The van der Waals surface area contributed by atoms with E-state index in [1.54, 1.807) is 10.8 Å². The van der Waals surface area contributed by atoms with Crippen molar-refractivity contribution in [3.8, 4) is 0 Å². The molecule has 35 heavy (non-hydrogen) atoms. The highest BCUT2D eigenvalue weighted by atomic mass is 32.2. The first-order valence-electron chi connectivity index (χ1n) is 11.4. The van der Waals surface area contributed by atoms with E-state index < -0.39 is 0 Å². The standard InChI is InChI=1S/C26H25N5O3S/c1-18-9-11-20(12-10-18)21-16-22(23-8-5-15-34-23)31(29-21)24(32)17-35-26-28-27-25(33)30(26)14-13-19-6-3-2-4-7-19/h2-12,15,22H,13-14,16-17H2,1H3,(H,27,33). The van der Waals surface area contributed by atoms with Crippen LogP contribution >= 0.6 is 11.8 Å². The molecule has 0 aliphatic carbocycles. The smallest absolute Gasteiger partial charge is 0.343 e. The van der Waals surface area contributed by atoms with Gasteiger partial charge in [-0.1, -0.05) is 71.9 Å². The first-order chi connectivity index (χ1) is 17.1. The molecule has 2 aromatic carbocycles. The second-order valence-corrected chi connectivity index (χ2v) is 9.32. The van der Waals surface area contributed by atoms with Gasteiger partial charge in [0, 0.05) is 13.0 Å². The summed E-state index contributed by atoms with van der Waals surface area (Å²) in [5, 5.41) is 13.3. The Morgan fingerprint density at radius 3 is 2.66 bits per heavy atom. The van der Waals surface area contributed by atoms with Crippen molar-refractivity contribution in [2.45, 2.75) is 37.5 Å². The number of aryl methyl sites for hydroxylation is 2. The number of hydrogen-bond acceptors (Lipinski definition) is 6. The lowest BCUT2D eigenvalue weighted by Crippen LogP contribution is -2.28. The fourth-order valence-corrected chi connectivity index (χ4v) is 4.88. The quantitative estimate of drug-likeness (QED) is 0.376. The SMILES string of the molecule is Cc1ccc(C2=NN(C(=O)CSc3n[nH]c(=O)n3CCc3ccccc3)C(c3ccco3)C2)cc1. The van der Waals surface area contributed by atoms with E-state index >= 15 is 0 Å². The zero-order valence-electron chi connectivity index (χ0n) is 19.3. The number of thioether (sulfide) groups is 1. The van der Waals surface area contributed by atoms with E-state index in [2.05, 4.69) is 15.3 Å². The molecule has 8 nitrogen and oxygen atoms in total. The maximum atomic E-state index is 13.3. The van der Waals surface area contributed by atoms with Crippen LogP contribution in [0.2, 0.25) is 0 Å². The molecule has 1 atom stereocenters. The predicted octanol–water partition coefficient (Wildman–Crippen LogP) is 4.19. The minimum absolute atomic E-state index is 0.0948. The third kappa shape index (κ3) is 5.14. The van der Waals surface area contributed by atoms with Crippen LogP contribution in [0.15, 0.2) is 92.5 Å². The maximum absolute atomic E-state index is 13.3. The number of aromatic amines is 1. The Labute approximate surface area is 206 Å². The predicted molar refractivity (Wildman–Crippen MR) is 134 cm³/mol. The topological polar surface area (TPSA) is 96.5 Å². The number of carbonyl (C=O) groups is 1. The third-order valence-corrected chi connectivity index (χ3v) is 6.90. The number of hydrazone groups is 1. The molecule has 3 heterocycles. The van der Waals surface area contributed by atoms with Crippen molar-refractivity contribution in [3.05, 3.63) is 106 Å². The molecule has 1 aliphatic heterocycles. The minimum Gasteiger partial charge on any atom is -0.467 e. The number of furan rings is 1.